The molecule has 1 aromatic carbocycles. The molecule has 1 aromatic heterocycles. The molecule has 0 spiro atoms. The summed E-state index contributed by atoms with van der Waals surface area (Å²) in [5.41, 5.74) is 3.62. The van der Waals surface area contributed by atoms with Gasteiger partial charge in [-0.25, -0.2) is 4.79 Å². The highest BCUT2D eigenvalue weighted by atomic mass is 16.5. The number of aromatic nitrogens is 1. The van der Waals surface area contributed by atoms with Crippen LogP contribution in [0.4, 0.5) is 4.79 Å². The summed E-state index contributed by atoms with van der Waals surface area (Å²) < 4.78 is -0.292. The van der Waals surface area contributed by atoms with Crippen LogP contribution in [0, 0.1) is 11.1 Å². The number of quaternary nitrogens is 1. The zero-order valence-corrected chi connectivity index (χ0v) is 14.7. The Kier molecular flexibility index (Phi) is 3.24. The Balaban J connectivity index is 1.48. The third-order valence-electron chi connectivity index (χ3n) is 6.37. The van der Waals surface area contributed by atoms with Crippen molar-refractivity contribution in [3.8, 4) is 0 Å². The number of amides is 3. The first-order valence-corrected chi connectivity index (χ1v) is 9.16. The molecule has 7 heteroatoms. The number of benzene rings is 1. The lowest BCUT2D eigenvalue weighted by Gasteiger charge is -2.55. The molecule has 2 aliphatic heterocycles. The van der Waals surface area contributed by atoms with Gasteiger partial charge in [0.05, 0.1) is 19.6 Å². The molecular weight excluding hydrogens is 332 g/mol. The molecule has 2 N–H and O–H groups in total. The van der Waals surface area contributed by atoms with E-state index in [1.54, 1.807) is 11.9 Å². The minimum atomic E-state index is -0.337. The number of carbonyl (C=O) groups excluding carboxylic acids is 2. The third-order valence-corrected chi connectivity index (χ3v) is 6.37. The second-order valence-electron chi connectivity index (χ2n) is 8.15. The van der Waals surface area contributed by atoms with Gasteiger partial charge in [0.15, 0.2) is 0 Å². The van der Waals surface area contributed by atoms with Crippen LogP contribution < -0.4 is 5.32 Å². The minimum absolute atomic E-state index is 0.00851. The van der Waals surface area contributed by atoms with E-state index in [2.05, 4.69) is 22.4 Å². The molecule has 2 fully saturated rings. The van der Waals surface area contributed by atoms with Gasteiger partial charge in [-0.3, -0.25) is 10.1 Å². The molecule has 0 radical (unpaired) electrons. The van der Waals surface area contributed by atoms with E-state index in [4.69, 9.17) is 0 Å². The van der Waals surface area contributed by atoms with Crippen LogP contribution in [0.1, 0.15) is 23.5 Å². The highest BCUT2D eigenvalue weighted by molar-refractivity contribution is 6.01. The van der Waals surface area contributed by atoms with Crippen LogP contribution in [0.2, 0.25) is 0 Å². The summed E-state index contributed by atoms with van der Waals surface area (Å²) in [4.78, 5) is 28.2. The second-order valence-corrected chi connectivity index (χ2v) is 8.15. The largest absolute Gasteiger partial charge is 0.633 e. The number of H-pyrrole nitrogens is 1. The van der Waals surface area contributed by atoms with Gasteiger partial charge in [-0.15, -0.1) is 0 Å². The van der Waals surface area contributed by atoms with E-state index in [9.17, 15) is 14.8 Å². The van der Waals surface area contributed by atoms with Gasteiger partial charge in [-0.05, 0) is 23.6 Å². The van der Waals surface area contributed by atoms with Crippen LogP contribution in [0.25, 0.3) is 10.9 Å². The number of carbonyl (C=O) groups is 2. The Bertz CT molecular complexity index is 919. The van der Waals surface area contributed by atoms with Crippen molar-refractivity contribution in [2.45, 2.75) is 24.8 Å². The molecule has 2 unspecified atom stereocenters. The number of piperidine rings is 1. The average Bonchev–Trinajstić information content (AvgIpc) is 3.13. The number of nitrogens with zero attached hydrogens (tertiary/aromatic N) is 2. The van der Waals surface area contributed by atoms with E-state index in [0.717, 1.165) is 18.4 Å². The number of fused-ring (bicyclic) bond motifs is 2. The summed E-state index contributed by atoms with van der Waals surface area (Å²) in [5, 5.41) is 17.0. The van der Waals surface area contributed by atoms with Crippen LogP contribution >= 0.6 is 0 Å². The number of nitrogens with one attached hydrogen (secondary N) is 2. The van der Waals surface area contributed by atoms with Crippen molar-refractivity contribution >= 4 is 22.8 Å². The van der Waals surface area contributed by atoms with Gasteiger partial charge in [-0.2, -0.15) is 0 Å². The van der Waals surface area contributed by atoms with Crippen LogP contribution in [0.3, 0.4) is 0 Å². The van der Waals surface area contributed by atoms with Crippen LogP contribution in [-0.2, 0) is 11.2 Å². The molecule has 0 saturated carbocycles. The fourth-order valence-corrected chi connectivity index (χ4v) is 5.34. The number of imide groups is 1. The number of hydroxylamine groups is 3. The van der Waals surface area contributed by atoms with Gasteiger partial charge in [0.2, 0.25) is 5.91 Å². The monoisotopic (exact) mass is 354 g/mol. The number of likely N-dealkylation sites (N-methyl/N-ethyl adjacent to an activating group) is 1. The molecular formula is C19H22N4O3. The van der Waals surface area contributed by atoms with Gasteiger partial charge in [0, 0.05) is 41.9 Å². The molecule has 7 nitrogen and oxygen atoms in total. The molecule has 26 heavy (non-hydrogen) atoms. The Morgan fingerprint density at radius 1 is 1.35 bits per heavy atom. The zero-order valence-electron chi connectivity index (χ0n) is 14.7. The van der Waals surface area contributed by atoms with E-state index in [1.165, 1.54) is 16.5 Å². The van der Waals surface area contributed by atoms with Gasteiger partial charge < -0.3 is 19.7 Å². The van der Waals surface area contributed by atoms with Gasteiger partial charge in [-0.1, -0.05) is 12.1 Å². The summed E-state index contributed by atoms with van der Waals surface area (Å²) in [6, 6.07) is 5.94. The van der Waals surface area contributed by atoms with Crippen LogP contribution in [-0.4, -0.2) is 59.2 Å². The Hall–Kier alpha value is -2.38. The molecule has 1 aliphatic carbocycles. The topological polar surface area (TPSA) is 88.3 Å². The summed E-state index contributed by atoms with van der Waals surface area (Å²) in [6.07, 6.45) is 3.70. The lowest BCUT2D eigenvalue weighted by molar-refractivity contribution is -0.897. The first-order chi connectivity index (χ1) is 12.4. The molecule has 3 amide bonds. The first kappa shape index (κ1) is 15.8. The lowest BCUT2D eigenvalue weighted by atomic mass is 9.72. The van der Waals surface area contributed by atoms with Crippen molar-refractivity contribution < 1.29 is 14.2 Å². The maximum atomic E-state index is 13.4. The zero-order chi connectivity index (χ0) is 18.1. The fourth-order valence-electron chi connectivity index (χ4n) is 5.34. The van der Waals surface area contributed by atoms with E-state index in [-0.39, 0.29) is 41.0 Å². The average molecular weight is 354 g/mol. The second kappa shape index (κ2) is 5.31. The van der Waals surface area contributed by atoms with Crippen molar-refractivity contribution in [3.63, 3.8) is 0 Å². The van der Waals surface area contributed by atoms with Gasteiger partial charge in [0.1, 0.15) is 6.54 Å². The Morgan fingerprint density at radius 2 is 2.19 bits per heavy atom. The molecule has 0 bridgehead atoms. The number of aromatic amines is 1. The normalized spacial score (nSPS) is 33.5. The highest BCUT2D eigenvalue weighted by Gasteiger charge is 2.46. The molecule has 2 aromatic rings. The fraction of sp³-hybridized carbons (Fsp3) is 0.474. The SMILES string of the molecule is C[N+]1([O-])C[C@H](CN2CC(=O)NC2=O)CC2c3cccc4[nH]cc(c34)C[C@H]21. The van der Waals surface area contributed by atoms with E-state index >= 15 is 0 Å². The molecule has 3 heterocycles. The van der Waals surface area contributed by atoms with Gasteiger partial charge in [0.25, 0.3) is 0 Å². The Morgan fingerprint density at radius 3 is 2.96 bits per heavy atom. The van der Waals surface area contributed by atoms with Crippen LogP contribution in [0.15, 0.2) is 24.4 Å². The number of urea groups is 1. The maximum absolute atomic E-state index is 13.4. The van der Waals surface area contributed by atoms with Crippen molar-refractivity contribution in [2.75, 3.05) is 26.7 Å². The lowest BCUT2D eigenvalue weighted by Crippen LogP contribution is -2.59. The summed E-state index contributed by atoms with van der Waals surface area (Å²) in [7, 11) is 1.76. The summed E-state index contributed by atoms with van der Waals surface area (Å²) in [5.74, 6) is 0.0122. The third kappa shape index (κ3) is 2.27. The van der Waals surface area contributed by atoms with Crippen LogP contribution in [0.5, 0.6) is 0 Å². The highest BCUT2D eigenvalue weighted by Crippen LogP contribution is 2.46. The summed E-state index contributed by atoms with van der Waals surface area (Å²) in [6.45, 7) is 1.05. The Labute approximate surface area is 151 Å². The number of hydrogen-bond acceptors (Lipinski definition) is 3. The minimum Gasteiger partial charge on any atom is -0.633 e. The van der Waals surface area contributed by atoms with E-state index in [1.807, 2.05) is 12.3 Å². The number of rotatable bonds is 2. The molecule has 136 valence electrons. The summed E-state index contributed by atoms with van der Waals surface area (Å²) >= 11 is 0. The smallest absolute Gasteiger partial charge is 0.324 e. The van der Waals surface area contributed by atoms with Crippen molar-refractivity contribution in [3.05, 3.63) is 40.7 Å². The maximum Gasteiger partial charge on any atom is 0.324 e. The predicted octanol–water partition coefficient (Wildman–Crippen LogP) is 1.69. The van der Waals surface area contributed by atoms with Crippen molar-refractivity contribution in [1.29, 1.82) is 0 Å². The van der Waals surface area contributed by atoms with Gasteiger partial charge >= 0.3 is 6.03 Å². The standard InChI is InChI=1S/C19H22N4O3/c1-23(26)10-11(8-22-9-17(24)21-19(22)25)5-14-13-3-2-4-15-18(13)12(7-20-15)6-16(14)23/h2-4,7,11,14,16,20H,5-6,8-10H2,1H3,(H,21,24,25)/t11-,14?,16+,23?/m0/s1. The van der Waals surface area contributed by atoms with E-state index in [0.29, 0.717) is 13.1 Å². The predicted molar refractivity (Wildman–Crippen MR) is 96.2 cm³/mol. The molecule has 4 atom stereocenters. The molecule has 2 saturated heterocycles. The van der Waals surface area contributed by atoms with E-state index < -0.39 is 0 Å². The number of likely N-dealkylation sites (tertiary alicyclic amines) is 1. The molecule has 3 aliphatic rings. The van der Waals surface area contributed by atoms with Crippen molar-refractivity contribution in [2.24, 2.45) is 5.92 Å². The van der Waals surface area contributed by atoms with Crippen molar-refractivity contribution in [1.82, 2.24) is 15.2 Å². The molecule has 5 rings (SSSR count). The first-order valence-electron chi connectivity index (χ1n) is 9.16. The quantitative estimate of drug-likeness (QED) is 0.489. The number of hydrogen-bond donors (Lipinski definition) is 2.